The van der Waals surface area contributed by atoms with E-state index < -0.39 is 0 Å². The summed E-state index contributed by atoms with van der Waals surface area (Å²) >= 11 is 0. The first-order valence-corrected chi connectivity index (χ1v) is 2.45. The molecule has 0 fully saturated rings. The maximum Gasteiger partial charge on any atom is 0.570 e. The lowest BCUT2D eigenvalue weighted by molar-refractivity contribution is 0.424. The van der Waals surface area contributed by atoms with Crippen molar-refractivity contribution in [1.82, 2.24) is 9.78 Å². The van der Waals surface area contributed by atoms with Crippen molar-refractivity contribution in [3.05, 3.63) is 12.3 Å². The molecule has 1 heterocycles. The standard InChI is InChI=1S/C4H6BN2O2/c1-7-4(9-5-8)2-3-6-7/h2-3,8H,1H3. The molecule has 5 heteroatoms. The lowest BCUT2D eigenvalue weighted by Crippen LogP contribution is -2.04. The molecule has 0 atom stereocenters. The summed E-state index contributed by atoms with van der Waals surface area (Å²) in [6, 6.07) is 1.65. The minimum Gasteiger partial charge on any atom is -0.524 e. The summed E-state index contributed by atoms with van der Waals surface area (Å²) in [7, 11) is 2.34. The third-order valence-corrected chi connectivity index (χ3v) is 0.949. The van der Waals surface area contributed by atoms with E-state index in [-0.39, 0.29) is 0 Å². The molecule has 1 rings (SSSR count). The van der Waals surface area contributed by atoms with E-state index in [1.807, 2.05) is 0 Å². The van der Waals surface area contributed by atoms with Gasteiger partial charge in [0.1, 0.15) is 0 Å². The molecule has 0 bridgehead atoms. The van der Waals surface area contributed by atoms with Crippen LogP contribution in [0.4, 0.5) is 0 Å². The van der Waals surface area contributed by atoms with Crippen LogP contribution in [0, 0.1) is 0 Å². The van der Waals surface area contributed by atoms with Crippen LogP contribution in [0.15, 0.2) is 12.3 Å². The van der Waals surface area contributed by atoms with Gasteiger partial charge in [-0.05, 0) is 0 Å². The first-order valence-electron chi connectivity index (χ1n) is 2.45. The maximum absolute atomic E-state index is 8.17. The fourth-order valence-electron chi connectivity index (χ4n) is 0.531. The van der Waals surface area contributed by atoms with Gasteiger partial charge in [-0.25, -0.2) is 4.68 Å². The van der Waals surface area contributed by atoms with E-state index >= 15 is 0 Å². The Morgan fingerprint density at radius 2 is 2.67 bits per heavy atom. The van der Waals surface area contributed by atoms with Crippen LogP contribution in [-0.4, -0.2) is 22.5 Å². The summed E-state index contributed by atoms with van der Waals surface area (Å²) in [5.74, 6) is 0.512. The molecule has 0 aliphatic heterocycles. The van der Waals surface area contributed by atoms with Gasteiger partial charge in [-0.2, -0.15) is 5.10 Å². The summed E-state index contributed by atoms with van der Waals surface area (Å²) < 4.78 is 6.11. The normalized spacial score (nSPS) is 9.11. The Kier molecular flexibility index (Phi) is 1.74. The zero-order valence-electron chi connectivity index (χ0n) is 4.98. The van der Waals surface area contributed by atoms with Crippen LogP contribution >= 0.6 is 0 Å². The zero-order chi connectivity index (χ0) is 6.69. The van der Waals surface area contributed by atoms with E-state index in [4.69, 9.17) is 5.02 Å². The van der Waals surface area contributed by atoms with E-state index in [2.05, 4.69) is 9.75 Å². The molecule has 0 unspecified atom stereocenters. The number of aromatic nitrogens is 2. The Hall–Kier alpha value is -0.965. The molecule has 0 saturated carbocycles. The minimum absolute atomic E-state index is 0.512. The Balaban J connectivity index is 2.69. The number of hydrogen-bond donors (Lipinski definition) is 1. The lowest BCUT2D eigenvalue weighted by atomic mass is 10.4. The summed E-state index contributed by atoms with van der Waals surface area (Å²) in [4.78, 5) is 0. The van der Waals surface area contributed by atoms with Crippen molar-refractivity contribution in [1.29, 1.82) is 0 Å². The van der Waals surface area contributed by atoms with Gasteiger partial charge >= 0.3 is 7.69 Å². The molecular weight excluding hydrogens is 119 g/mol. The van der Waals surface area contributed by atoms with Crippen molar-refractivity contribution in [3.63, 3.8) is 0 Å². The van der Waals surface area contributed by atoms with Crippen molar-refractivity contribution in [2.24, 2.45) is 7.05 Å². The number of hydrogen-bond acceptors (Lipinski definition) is 3. The monoisotopic (exact) mass is 125 g/mol. The molecule has 9 heavy (non-hydrogen) atoms. The molecule has 0 aliphatic carbocycles. The molecule has 1 N–H and O–H groups in total. The van der Waals surface area contributed by atoms with Crippen molar-refractivity contribution >= 4 is 7.69 Å². The highest BCUT2D eigenvalue weighted by Gasteiger charge is 1.96. The Morgan fingerprint density at radius 3 is 3.11 bits per heavy atom. The van der Waals surface area contributed by atoms with Gasteiger partial charge in [0.15, 0.2) is 5.88 Å². The molecule has 1 aromatic rings. The van der Waals surface area contributed by atoms with Crippen molar-refractivity contribution < 1.29 is 9.68 Å². The van der Waals surface area contributed by atoms with Crippen LogP contribution in [0.25, 0.3) is 0 Å². The predicted molar refractivity (Wildman–Crippen MR) is 31.8 cm³/mol. The lowest BCUT2D eigenvalue weighted by Gasteiger charge is -1.98. The Labute approximate surface area is 53.4 Å². The average Bonchev–Trinajstić information content (AvgIpc) is 2.18. The third-order valence-electron chi connectivity index (χ3n) is 0.949. The fourth-order valence-corrected chi connectivity index (χ4v) is 0.531. The van der Waals surface area contributed by atoms with E-state index in [0.717, 1.165) is 0 Å². The van der Waals surface area contributed by atoms with Crippen LogP contribution in [0.3, 0.4) is 0 Å². The van der Waals surface area contributed by atoms with Crippen molar-refractivity contribution in [2.75, 3.05) is 0 Å². The topological polar surface area (TPSA) is 47.3 Å². The smallest absolute Gasteiger partial charge is 0.524 e. The van der Waals surface area contributed by atoms with E-state index in [9.17, 15) is 0 Å². The summed E-state index contributed by atoms with van der Waals surface area (Å²) in [5, 5.41) is 12.0. The van der Waals surface area contributed by atoms with Gasteiger partial charge in [0.25, 0.3) is 0 Å². The van der Waals surface area contributed by atoms with Gasteiger partial charge < -0.3 is 9.68 Å². The summed E-state index contributed by atoms with van der Waals surface area (Å²) in [6.07, 6.45) is 1.58. The zero-order valence-corrected chi connectivity index (χ0v) is 4.98. The molecule has 0 amide bonds. The fraction of sp³-hybridized carbons (Fsp3) is 0.250. The second-order valence-electron chi connectivity index (χ2n) is 1.52. The number of nitrogens with zero attached hydrogens (tertiary/aromatic N) is 2. The molecule has 1 aromatic heterocycles. The molecule has 0 aromatic carbocycles. The quantitative estimate of drug-likeness (QED) is 0.533. The molecular formula is C4H6BN2O2. The summed E-state index contributed by atoms with van der Waals surface area (Å²) in [6.45, 7) is 0. The Morgan fingerprint density at radius 1 is 1.89 bits per heavy atom. The van der Waals surface area contributed by atoms with Gasteiger partial charge in [-0.1, -0.05) is 0 Å². The van der Waals surface area contributed by atoms with E-state index in [1.165, 1.54) is 4.68 Å². The SMILES string of the molecule is Cn1nccc1O[B]O. The van der Waals surface area contributed by atoms with Gasteiger partial charge in [-0.15, -0.1) is 0 Å². The summed E-state index contributed by atoms with van der Waals surface area (Å²) in [5.41, 5.74) is 0. The molecule has 0 saturated heterocycles. The molecule has 1 radical (unpaired) electrons. The van der Waals surface area contributed by atoms with Crippen molar-refractivity contribution in [2.45, 2.75) is 0 Å². The molecule has 0 aliphatic rings. The first-order chi connectivity index (χ1) is 4.34. The highest BCUT2D eigenvalue weighted by Crippen LogP contribution is 2.04. The second kappa shape index (κ2) is 2.54. The third kappa shape index (κ3) is 1.23. The van der Waals surface area contributed by atoms with Gasteiger partial charge in [-0.3, -0.25) is 0 Å². The highest BCUT2D eigenvalue weighted by atomic mass is 16.5. The van der Waals surface area contributed by atoms with E-state index in [0.29, 0.717) is 13.6 Å². The number of rotatable bonds is 2. The van der Waals surface area contributed by atoms with Gasteiger partial charge in [0.05, 0.1) is 6.20 Å². The molecule has 47 valence electrons. The largest absolute Gasteiger partial charge is 0.570 e. The van der Waals surface area contributed by atoms with Gasteiger partial charge in [0.2, 0.25) is 0 Å². The minimum atomic E-state index is 0.512. The van der Waals surface area contributed by atoms with Crippen LogP contribution in [-0.2, 0) is 7.05 Å². The Bertz CT molecular complexity index is 188. The molecule has 0 spiro atoms. The van der Waals surface area contributed by atoms with Crippen LogP contribution in [0.1, 0.15) is 0 Å². The molecule has 4 nitrogen and oxygen atoms in total. The van der Waals surface area contributed by atoms with Crippen LogP contribution < -0.4 is 4.65 Å². The van der Waals surface area contributed by atoms with E-state index in [1.54, 1.807) is 19.3 Å². The van der Waals surface area contributed by atoms with Gasteiger partial charge in [0, 0.05) is 13.1 Å². The van der Waals surface area contributed by atoms with Crippen LogP contribution in [0.5, 0.6) is 5.88 Å². The maximum atomic E-state index is 8.17. The highest BCUT2D eigenvalue weighted by molar-refractivity contribution is 6.17. The second-order valence-corrected chi connectivity index (χ2v) is 1.52. The van der Waals surface area contributed by atoms with Crippen LogP contribution in [0.2, 0.25) is 0 Å². The predicted octanol–water partition coefficient (Wildman–Crippen LogP) is -0.675. The first kappa shape index (κ1) is 6.16. The number of aryl methyl sites for hydroxylation is 1. The average molecular weight is 125 g/mol. The van der Waals surface area contributed by atoms with Crippen molar-refractivity contribution in [3.8, 4) is 5.88 Å².